The van der Waals surface area contributed by atoms with Crippen LogP contribution in [0.2, 0.25) is 0 Å². The second-order valence-corrected chi connectivity index (χ2v) is 17.1. The van der Waals surface area contributed by atoms with Gasteiger partial charge in [0, 0.05) is 19.4 Å². The van der Waals surface area contributed by atoms with Crippen LogP contribution in [0.1, 0.15) is 226 Å². The summed E-state index contributed by atoms with van der Waals surface area (Å²) in [7, 11) is -4.38. The predicted molar refractivity (Wildman–Crippen MR) is 234 cm³/mol. The van der Waals surface area contributed by atoms with E-state index in [1.807, 2.05) is 0 Å². The van der Waals surface area contributed by atoms with Gasteiger partial charge < -0.3 is 20.1 Å². The molecule has 0 fully saturated rings. The van der Waals surface area contributed by atoms with Crippen LogP contribution < -0.4 is 5.73 Å². The molecule has 0 aliphatic rings. The molecule has 330 valence electrons. The molecule has 0 amide bonds. The van der Waals surface area contributed by atoms with Crippen molar-refractivity contribution in [2.24, 2.45) is 5.73 Å². The van der Waals surface area contributed by atoms with E-state index in [1.165, 1.54) is 135 Å². The molecule has 0 rings (SSSR count). The molecule has 0 spiro atoms. The standard InChI is InChI=1S/C46H88NO8P/c1-3-5-7-9-11-13-15-17-19-20-21-22-23-25-26-28-30-32-34-36-38-45(48)52-42-44(43-54-56(50,51)53-41-40-47)55-46(49)39-37-35-33-31-29-27-24-18-16-14-12-10-8-6-4-2/h12,14,18,24,44H,3-11,13,15-17,19-23,25-43,47H2,1-2H3,(H,50,51)/b14-12-,24-18-. The van der Waals surface area contributed by atoms with Crippen molar-refractivity contribution in [3.8, 4) is 0 Å². The summed E-state index contributed by atoms with van der Waals surface area (Å²) in [6, 6.07) is 0. The van der Waals surface area contributed by atoms with E-state index in [9.17, 15) is 19.0 Å². The zero-order valence-corrected chi connectivity index (χ0v) is 37.3. The maximum Gasteiger partial charge on any atom is 0.472 e. The number of phosphoric ester groups is 1. The molecule has 2 unspecified atom stereocenters. The summed E-state index contributed by atoms with van der Waals surface area (Å²) in [5.74, 6) is -0.834. The number of ether oxygens (including phenoxy) is 2. The molecule has 9 nitrogen and oxygen atoms in total. The van der Waals surface area contributed by atoms with Crippen molar-refractivity contribution < 1.29 is 37.6 Å². The molecule has 0 saturated carbocycles. The lowest BCUT2D eigenvalue weighted by Crippen LogP contribution is -2.29. The van der Waals surface area contributed by atoms with Crippen LogP contribution in [0.5, 0.6) is 0 Å². The summed E-state index contributed by atoms with van der Waals surface area (Å²) < 4.78 is 32.8. The van der Waals surface area contributed by atoms with Gasteiger partial charge in [-0.3, -0.25) is 18.6 Å². The minimum Gasteiger partial charge on any atom is -0.462 e. The highest BCUT2D eigenvalue weighted by molar-refractivity contribution is 7.47. The molecule has 0 aliphatic carbocycles. The van der Waals surface area contributed by atoms with Crippen molar-refractivity contribution in [2.45, 2.75) is 232 Å². The third-order valence-electron chi connectivity index (χ3n) is 10.1. The van der Waals surface area contributed by atoms with Gasteiger partial charge in [0.05, 0.1) is 13.2 Å². The normalized spacial score (nSPS) is 13.4. The van der Waals surface area contributed by atoms with Gasteiger partial charge in [-0.1, -0.05) is 192 Å². The highest BCUT2D eigenvalue weighted by Crippen LogP contribution is 2.43. The Labute approximate surface area is 344 Å². The first-order valence-electron chi connectivity index (χ1n) is 23.3. The maximum atomic E-state index is 12.6. The molecular formula is C46H88NO8P. The Bertz CT molecular complexity index is 975. The minimum atomic E-state index is -4.38. The fourth-order valence-corrected chi connectivity index (χ4v) is 7.37. The summed E-state index contributed by atoms with van der Waals surface area (Å²) >= 11 is 0. The Hall–Kier alpha value is -1.51. The molecular weight excluding hydrogens is 725 g/mol. The predicted octanol–water partition coefficient (Wildman–Crippen LogP) is 13.6. The molecule has 3 N–H and O–H groups in total. The number of esters is 2. The number of unbranched alkanes of at least 4 members (excludes halogenated alkanes) is 27. The topological polar surface area (TPSA) is 134 Å². The van der Waals surface area contributed by atoms with Crippen molar-refractivity contribution in [1.29, 1.82) is 0 Å². The first-order valence-corrected chi connectivity index (χ1v) is 24.8. The molecule has 0 radical (unpaired) electrons. The van der Waals surface area contributed by atoms with Gasteiger partial charge in [0.25, 0.3) is 0 Å². The molecule has 0 saturated heterocycles. The Morgan fingerprint density at radius 3 is 1.39 bits per heavy atom. The molecule has 2 atom stereocenters. The van der Waals surface area contributed by atoms with Gasteiger partial charge in [-0.2, -0.15) is 0 Å². The molecule has 0 aliphatic heterocycles. The van der Waals surface area contributed by atoms with Crippen LogP contribution >= 0.6 is 7.82 Å². The third-order valence-corrected chi connectivity index (χ3v) is 11.1. The smallest absolute Gasteiger partial charge is 0.462 e. The summed E-state index contributed by atoms with van der Waals surface area (Å²) in [6.07, 6.45) is 46.4. The monoisotopic (exact) mass is 814 g/mol. The van der Waals surface area contributed by atoms with Gasteiger partial charge in [-0.05, 0) is 44.9 Å². The molecule has 0 bridgehead atoms. The van der Waals surface area contributed by atoms with E-state index < -0.39 is 26.5 Å². The number of rotatable bonds is 44. The van der Waals surface area contributed by atoms with Crippen LogP contribution in [0.4, 0.5) is 0 Å². The van der Waals surface area contributed by atoms with Crippen molar-refractivity contribution in [2.75, 3.05) is 26.4 Å². The SMILES string of the molecule is CCCCC/C=C\C/C=C\CCCCCCCC(=O)OC(COC(=O)CCCCCCCCCCCCCCCCCCCCCC)COP(=O)(O)OCCN. The molecule has 0 aromatic rings. The first-order chi connectivity index (χ1) is 27.3. The van der Waals surface area contributed by atoms with E-state index in [1.54, 1.807) is 0 Å². The number of carbonyl (C=O) groups is 2. The van der Waals surface area contributed by atoms with Gasteiger partial charge in [-0.25, -0.2) is 4.57 Å². The number of hydrogen-bond acceptors (Lipinski definition) is 8. The lowest BCUT2D eigenvalue weighted by atomic mass is 10.0. The number of carbonyl (C=O) groups excluding carboxylic acids is 2. The van der Waals surface area contributed by atoms with Gasteiger partial charge in [0.2, 0.25) is 0 Å². The highest BCUT2D eigenvalue weighted by Gasteiger charge is 2.26. The van der Waals surface area contributed by atoms with E-state index in [2.05, 4.69) is 38.2 Å². The van der Waals surface area contributed by atoms with E-state index in [0.717, 1.165) is 57.8 Å². The Morgan fingerprint density at radius 1 is 0.536 bits per heavy atom. The van der Waals surface area contributed by atoms with Crippen molar-refractivity contribution >= 4 is 19.8 Å². The van der Waals surface area contributed by atoms with Gasteiger partial charge in [0.15, 0.2) is 6.10 Å². The first kappa shape index (κ1) is 54.5. The van der Waals surface area contributed by atoms with Crippen LogP contribution in [0.3, 0.4) is 0 Å². The van der Waals surface area contributed by atoms with Crippen LogP contribution in [-0.4, -0.2) is 49.3 Å². The van der Waals surface area contributed by atoms with Crippen molar-refractivity contribution in [1.82, 2.24) is 0 Å². The lowest BCUT2D eigenvalue weighted by molar-refractivity contribution is -0.161. The zero-order chi connectivity index (χ0) is 41.1. The number of hydrogen-bond donors (Lipinski definition) is 2. The van der Waals surface area contributed by atoms with E-state index >= 15 is 0 Å². The van der Waals surface area contributed by atoms with Crippen LogP contribution in [0.25, 0.3) is 0 Å². The molecule has 56 heavy (non-hydrogen) atoms. The Balaban J connectivity index is 4.07. The summed E-state index contributed by atoms with van der Waals surface area (Å²) in [4.78, 5) is 34.9. The summed E-state index contributed by atoms with van der Waals surface area (Å²) in [6.45, 7) is 3.72. The van der Waals surface area contributed by atoms with E-state index in [0.29, 0.717) is 6.42 Å². The largest absolute Gasteiger partial charge is 0.472 e. The number of nitrogens with two attached hydrogens (primary N) is 1. The quantitative estimate of drug-likeness (QED) is 0.0267. The highest BCUT2D eigenvalue weighted by atomic mass is 31.2. The van der Waals surface area contributed by atoms with Gasteiger partial charge in [0.1, 0.15) is 6.61 Å². The Kier molecular flexibility index (Phi) is 41.9. The van der Waals surface area contributed by atoms with Crippen molar-refractivity contribution in [3.05, 3.63) is 24.3 Å². The fraction of sp³-hybridized carbons (Fsp3) is 0.870. The number of allylic oxidation sites excluding steroid dienone is 4. The average molecular weight is 814 g/mol. The average Bonchev–Trinajstić information content (AvgIpc) is 3.18. The third kappa shape index (κ3) is 42.1. The summed E-state index contributed by atoms with van der Waals surface area (Å²) in [5.41, 5.74) is 5.35. The summed E-state index contributed by atoms with van der Waals surface area (Å²) in [5, 5.41) is 0. The maximum absolute atomic E-state index is 12.6. The minimum absolute atomic E-state index is 0.0526. The molecule has 0 aromatic heterocycles. The van der Waals surface area contributed by atoms with E-state index in [4.69, 9.17) is 24.3 Å². The van der Waals surface area contributed by atoms with Crippen LogP contribution in [0, 0.1) is 0 Å². The van der Waals surface area contributed by atoms with Gasteiger partial charge in [-0.15, -0.1) is 0 Å². The lowest BCUT2D eigenvalue weighted by Gasteiger charge is -2.19. The van der Waals surface area contributed by atoms with E-state index in [-0.39, 0.29) is 38.6 Å². The van der Waals surface area contributed by atoms with Gasteiger partial charge >= 0.3 is 19.8 Å². The number of phosphoric acid groups is 1. The zero-order valence-electron chi connectivity index (χ0n) is 36.4. The molecule has 0 heterocycles. The Morgan fingerprint density at radius 2 is 0.929 bits per heavy atom. The van der Waals surface area contributed by atoms with Crippen LogP contribution in [0.15, 0.2) is 24.3 Å². The second-order valence-electron chi connectivity index (χ2n) is 15.6. The van der Waals surface area contributed by atoms with Crippen LogP contribution in [-0.2, 0) is 32.7 Å². The fourth-order valence-electron chi connectivity index (χ4n) is 6.61. The molecule has 0 aromatic carbocycles. The molecule has 10 heteroatoms. The second kappa shape index (κ2) is 43.1. The van der Waals surface area contributed by atoms with Crippen molar-refractivity contribution in [3.63, 3.8) is 0 Å².